The Morgan fingerprint density at radius 2 is 1.86 bits per heavy atom. The predicted molar refractivity (Wildman–Crippen MR) is 164 cm³/mol. The van der Waals surface area contributed by atoms with Gasteiger partial charge in [-0.3, -0.25) is 4.79 Å². The van der Waals surface area contributed by atoms with E-state index in [1.807, 2.05) is 13.0 Å². The summed E-state index contributed by atoms with van der Waals surface area (Å²) in [5.41, 5.74) is 3.28. The normalized spacial score (nSPS) is 13.3. The minimum atomic E-state index is -4.59. The fraction of sp³-hybridized carbons (Fsp3) is 0.226. The van der Waals surface area contributed by atoms with Gasteiger partial charge in [0.1, 0.15) is 18.0 Å². The van der Waals surface area contributed by atoms with Crippen molar-refractivity contribution >= 4 is 50.4 Å². The highest BCUT2D eigenvalue weighted by molar-refractivity contribution is 7.18. The van der Waals surface area contributed by atoms with Gasteiger partial charge in [-0.1, -0.05) is 18.7 Å². The van der Waals surface area contributed by atoms with Gasteiger partial charge < -0.3 is 20.5 Å². The Hall–Kier alpha value is -4.71. The summed E-state index contributed by atoms with van der Waals surface area (Å²) in [6.45, 7) is 9.23. The van der Waals surface area contributed by atoms with Crippen molar-refractivity contribution in [3.05, 3.63) is 94.7 Å². The minimum absolute atomic E-state index is 0.0100. The summed E-state index contributed by atoms with van der Waals surface area (Å²) in [4.78, 5) is 26.2. The van der Waals surface area contributed by atoms with Crippen LogP contribution in [0.2, 0.25) is 0 Å². The van der Waals surface area contributed by atoms with Crippen LogP contribution in [0.5, 0.6) is 0 Å². The van der Waals surface area contributed by atoms with Crippen LogP contribution in [0.3, 0.4) is 0 Å². The number of hydrogen-bond acceptors (Lipinski definition) is 7. The Morgan fingerprint density at radius 3 is 2.56 bits per heavy atom. The third kappa shape index (κ3) is 5.82. The van der Waals surface area contributed by atoms with Gasteiger partial charge in [0.05, 0.1) is 32.7 Å². The summed E-state index contributed by atoms with van der Waals surface area (Å²) < 4.78 is 44.6. The number of hydrogen-bond donors (Lipinski definition) is 3. The van der Waals surface area contributed by atoms with E-state index in [4.69, 9.17) is 0 Å². The number of alkyl halides is 3. The minimum Gasteiger partial charge on any atom is -0.366 e. The summed E-state index contributed by atoms with van der Waals surface area (Å²) in [5, 5.41) is 11.2. The van der Waals surface area contributed by atoms with Crippen LogP contribution >= 0.6 is 11.3 Å². The highest BCUT2D eigenvalue weighted by atomic mass is 32.1. The molecule has 1 fully saturated rings. The van der Waals surface area contributed by atoms with E-state index < -0.39 is 11.7 Å². The number of nitrogens with one attached hydrogen (secondary N) is 3. The average molecular weight is 604 g/mol. The highest BCUT2D eigenvalue weighted by Gasteiger charge is 2.35. The summed E-state index contributed by atoms with van der Waals surface area (Å²) in [6, 6.07) is 9.79. The monoisotopic (exact) mass is 603 g/mol. The van der Waals surface area contributed by atoms with Gasteiger partial charge in [-0.15, -0.1) is 11.3 Å². The molecular weight excluding hydrogens is 575 g/mol. The van der Waals surface area contributed by atoms with Gasteiger partial charge >= 0.3 is 6.18 Å². The van der Waals surface area contributed by atoms with E-state index in [2.05, 4.69) is 37.5 Å². The molecule has 2 aromatic carbocycles. The summed E-state index contributed by atoms with van der Waals surface area (Å²) >= 11 is 1.41. The van der Waals surface area contributed by atoms with E-state index in [1.165, 1.54) is 28.3 Å². The van der Waals surface area contributed by atoms with Crippen LogP contribution in [-0.2, 0) is 6.18 Å². The number of carbonyl (C=O) groups excluding carboxylic acids is 1. The van der Waals surface area contributed by atoms with Crippen LogP contribution in [0.4, 0.5) is 30.4 Å². The number of rotatable bonds is 8. The van der Waals surface area contributed by atoms with Gasteiger partial charge in [0.15, 0.2) is 0 Å². The second-order valence-electron chi connectivity index (χ2n) is 10.6. The Labute approximate surface area is 249 Å². The molecule has 1 aliphatic rings. The second-order valence-corrected chi connectivity index (χ2v) is 11.5. The topological polar surface area (TPSA) is 96.8 Å². The second kappa shape index (κ2) is 10.8. The average Bonchev–Trinajstić information content (AvgIpc) is 3.55. The molecule has 3 aromatic heterocycles. The van der Waals surface area contributed by atoms with Crippen molar-refractivity contribution in [3.8, 4) is 5.69 Å². The smallest absolute Gasteiger partial charge is 0.366 e. The predicted octanol–water partition coefficient (Wildman–Crippen LogP) is 7.73. The lowest BCUT2D eigenvalue weighted by molar-refractivity contribution is -0.137. The standard InChI is InChI=1S/C31H28F3N7OS/c1-16-5-7-22(12-25(16)40-30(42)23-14-43-28-27(23)35-15-36-29(28)39-21-8-9-21)38-18(3)20-6-10-26(24(11-20)31(32,33)34)41-13-17(2)37-19(41)4/h5-7,10-15,21,38H,3,8-9H2,1-2,4H3,(H,40,42)(H,35,36,39). The van der Waals surface area contributed by atoms with Crippen molar-refractivity contribution in [2.45, 2.75) is 45.8 Å². The SMILES string of the molecule is C=C(Nc1ccc(C)c(NC(=O)c2csc3c(NC4CC4)ncnc23)c1)c1ccc(-n2cc(C)nc2C)c(C(F)(F)F)c1. The molecule has 0 unspecified atom stereocenters. The number of aryl methyl sites for hydroxylation is 3. The molecule has 1 saturated carbocycles. The van der Waals surface area contributed by atoms with E-state index in [1.54, 1.807) is 43.6 Å². The Bertz CT molecular complexity index is 1890. The Balaban J connectivity index is 1.23. The first-order valence-electron chi connectivity index (χ1n) is 13.6. The molecule has 3 N–H and O–H groups in total. The van der Waals surface area contributed by atoms with E-state index in [0.29, 0.717) is 40.0 Å². The Morgan fingerprint density at radius 1 is 1.07 bits per heavy atom. The van der Waals surface area contributed by atoms with Crippen molar-refractivity contribution in [2.24, 2.45) is 0 Å². The summed E-state index contributed by atoms with van der Waals surface area (Å²) in [6.07, 6.45) is 0.625. The third-order valence-electron chi connectivity index (χ3n) is 7.21. The molecule has 6 rings (SSSR count). The number of carbonyl (C=O) groups is 1. The first kappa shape index (κ1) is 28.4. The molecule has 0 saturated heterocycles. The van der Waals surface area contributed by atoms with Gasteiger partial charge in [0.2, 0.25) is 0 Å². The lowest BCUT2D eigenvalue weighted by Crippen LogP contribution is -2.13. The molecule has 8 nitrogen and oxygen atoms in total. The largest absolute Gasteiger partial charge is 0.418 e. The molecule has 1 aliphatic carbocycles. The van der Waals surface area contributed by atoms with Gasteiger partial charge in [0.25, 0.3) is 5.91 Å². The van der Waals surface area contributed by atoms with Crippen LogP contribution in [0.25, 0.3) is 21.6 Å². The fourth-order valence-electron chi connectivity index (χ4n) is 4.83. The first-order chi connectivity index (χ1) is 20.5. The fourth-order valence-corrected chi connectivity index (χ4v) is 5.78. The molecule has 12 heteroatoms. The quantitative estimate of drug-likeness (QED) is 0.168. The number of halogens is 3. The molecule has 220 valence electrons. The maximum Gasteiger partial charge on any atom is 0.418 e. The molecule has 0 spiro atoms. The van der Waals surface area contributed by atoms with Crippen LogP contribution in [0, 0.1) is 20.8 Å². The zero-order valence-corrected chi connectivity index (χ0v) is 24.5. The maximum atomic E-state index is 14.1. The number of amides is 1. The van der Waals surface area contributed by atoms with Crippen LogP contribution in [0.1, 0.15) is 51.4 Å². The maximum absolute atomic E-state index is 14.1. The number of nitrogens with zero attached hydrogens (tertiary/aromatic N) is 4. The molecule has 43 heavy (non-hydrogen) atoms. The van der Waals surface area contributed by atoms with Crippen molar-refractivity contribution in [1.82, 2.24) is 19.5 Å². The zero-order valence-electron chi connectivity index (χ0n) is 23.6. The molecule has 0 aliphatic heterocycles. The number of fused-ring (bicyclic) bond motifs is 1. The molecule has 1 amide bonds. The molecular formula is C31H28F3N7OS. The van der Waals surface area contributed by atoms with Gasteiger partial charge in [0, 0.05) is 34.7 Å². The number of anilines is 3. The van der Waals surface area contributed by atoms with E-state index in [9.17, 15) is 18.0 Å². The van der Waals surface area contributed by atoms with Crippen molar-refractivity contribution < 1.29 is 18.0 Å². The van der Waals surface area contributed by atoms with Crippen molar-refractivity contribution in [2.75, 3.05) is 16.0 Å². The molecule has 0 atom stereocenters. The van der Waals surface area contributed by atoms with E-state index >= 15 is 0 Å². The van der Waals surface area contributed by atoms with Crippen molar-refractivity contribution in [3.63, 3.8) is 0 Å². The molecule has 5 aromatic rings. The van der Waals surface area contributed by atoms with Crippen LogP contribution in [-0.4, -0.2) is 31.5 Å². The Kier molecular flexibility index (Phi) is 7.17. The zero-order chi connectivity index (χ0) is 30.5. The summed E-state index contributed by atoms with van der Waals surface area (Å²) in [5.74, 6) is 0.867. The van der Waals surface area contributed by atoms with Crippen LogP contribution in [0.15, 0.2) is 60.9 Å². The van der Waals surface area contributed by atoms with Gasteiger partial charge in [-0.05, 0) is 69.0 Å². The lowest BCUT2D eigenvalue weighted by atomic mass is 10.0. The third-order valence-corrected chi connectivity index (χ3v) is 8.19. The lowest BCUT2D eigenvalue weighted by Gasteiger charge is -2.18. The van der Waals surface area contributed by atoms with E-state index in [0.717, 1.165) is 35.0 Å². The van der Waals surface area contributed by atoms with Crippen molar-refractivity contribution in [1.29, 1.82) is 0 Å². The number of aromatic nitrogens is 4. The molecule has 0 bridgehead atoms. The van der Waals surface area contributed by atoms with E-state index in [-0.39, 0.29) is 22.9 Å². The summed E-state index contributed by atoms with van der Waals surface area (Å²) in [7, 11) is 0. The van der Waals surface area contributed by atoms with Gasteiger partial charge in [-0.25, -0.2) is 15.0 Å². The number of imidazole rings is 1. The number of benzene rings is 2. The van der Waals surface area contributed by atoms with Crippen LogP contribution < -0.4 is 16.0 Å². The highest BCUT2D eigenvalue weighted by Crippen LogP contribution is 2.37. The molecule has 3 heterocycles. The number of thiophene rings is 1. The first-order valence-corrected chi connectivity index (χ1v) is 14.5. The van der Waals surface area contributed by atoms with Gasteiger partial charge in [-0.2, -0.15) is 13.2 Å². The molecule has 0 radical (unpaired) electrons.